The molecule has 1 saturated heterocycles. The number of ether oxygens (including phenoxy) is 2. The molecule has 6 heteroatoms. The van der Waals surface area contributed by atoms with E-state index in [0.717, 1.165) is 29.0 Å². The number of rotatable bonds is 8. The lowest BCUT2D eigenvalue weighted by molar-refractivity contribution is -0.121. The second-order valence-corrected chi connectivity index (χ2v) is 8.49. The Kier molecular flexibility index (Phi) is 7.34. The minimum atomic E-state index is -0.0302. The summed E-state index contributed by atoms with van der Waals surface area (Å²) < 4.78 is 12.3. The molecule has 1 amide bonds. The lowest BCUT2D eigenvalue weighted by Gasteiger charge is -2.11. The molecule has 0 bridgehead atoms. The molecule has 1 aliphatic heterocycles. The number of benzene rings is 2. The number of likely N-dealkylation sites (N-methyl/N-ethyl adjacent to an activating group) is 1. The molecule has 4 nitrogen and oxygen atoms in total. The number of hydrogen-bond acceptors (Lipinski definition) is 5. The van der Waals surface area contributed by atoms with Crippen molar-refractivity contribution in [2.75, 3.05) is 19.8 Å². The van der Waals surface area contributed by atoms with Crippen molar-refractivity contribution in [1.82, 2.24) is 4.90 Å². The first kappa shape index (κ1) is 21.4. The Morgan fingerprint density at radius 1 is 1.10 bits per heavy atom. The summed E-state index contributed by atoms with van der Waals surface area (Å²) in [7, 11) is 0. The van der Waals surface area contributed by atoms with Crippen LogP contribution in [0, 0.1) is 13.8 Å². The van der Waals surface area contributed by atoms with Crippen molar-refractivity contribution in [3.8, 4) is 11.5 Å². The highest BCUT2D eigenvalue weighted by molar-refractivity contribution is 8.26. The molecule has 1 fully saturated rings. The smallest absolute Gasteiger partial charge is 0.266 e. The zero-order chi connectivity index (χ0) is 20.8. The molecule has 0 aromatic heterocycles. The Labute approximate surface area is 181 Å². The molecule has 0 N–H and O–H groups in total. The zero-order valence-corrected chi connectivity index (χ0v) is 18.6. The zero-order valence-electron chi connectivity index (χ0n) is 16.9. The van der Waals surface area contributed by atoms with Crippen LogP contribution in [0.4, 0.5) is 0 Å². The molecule has 0 spiro atoms. The maximum atomic E-state index is 12.3. The summed E-state index contributed by atoms with van der Waals surface area (Å²) in [6.07, 6.45) is 2.65. The second kappa shape index (κ2) is 9.94. The number of carbonyl (C=O) groups is 1. The van der Waals surface area contributed by atoms with E-state index in [0.29, 0.717) is 29.0 Å². The van der Waals surface area contributed by atoms with Gasteiger partial charge in [-0.25, -0.2) is 0 Å². The molecule has 1 aliphatic rings. The fraction of sp³-hybridized carbons (Fsp3) is 0.304. The third-order valence-electron chi connectivity index (χ3n) is 4.49. The third kappa shape index (κ3) is 5.61. The quantitative estimate of drug-likeness (QED) is 0.322. The van der Waals surface area contributed by atoms with E-state index in [1.807, 2.05) is 43.3 Å². The third-order valence-corrected chi connectivity index (χ3v) is 5.87. The van der Waals surface area contributed by atoms with Crippen LogP contribution < -0.4 is 9.47 Å². The summed E-state index contributed by atoms with van der Waals surface area (Å²) in [5.74, 6) is 1.66. The summed E-state index contributed by atoms with van der Waals surface area (Å²) >= 11 is 6.60. The van der Waals surface area contributed by atoms with Gasteiger partial charge in [0.05, 0.1) is 18.1 Å². The lowest BCUT2D eigenvalue weighted by atomic mass is 10.1. The molecule has 152 valence electrons. The van der Waals surface area contributed by atoms with Gasteiger partial charge in [-0.1, -0.05) is 53.8 Å². The summed E-state index contributed by atoms with van der Waals surface area (Å²) in [4.78, 5) is 14.6. The molecule has 1 heterocycles. The van der Waals surface area contributed by atoms with Crippen LogP contribution in [-0.4, -0.2) is 34.9 Å². The molecule has 2 aromatic rings. The fourth-order valence-electron chi connectivity index (χ4n) is 3.01. The Hall–Kier alpha value is -2.31. The van der Waals surface area contributed by atoms with Crippen LogP contribution in [0.1, 0.15) is 30.0 Å². The molecule has 0 unspecified atom stereocenters. The maximum absolute atomic E-state index is 12.3. The van der Waals surface area contributed by atoms with E-state index in [4.69, 9.17) is 21.7 Å². The van der Waals surface area contributed by atoms with Crippen molar-refractivity contribution in [3.05, 3.63) is 64.1 Å². The van der Waals surface area contributed by atoms with E-state index < -0.39 is 0 Å². The SMILES string of the molecule is CCN1C(=O)/C(=C\c2cccc(OCCCOc3ccc(C)cc3C)c2)SC1=S. The summed E-state index contributed by atoms with van der Waals surface area (Å²) in [5, 5.41) is 0. The number of thioether (sulfide) groups is 1. The monoisotopic (exact) mass is 427 g/mol. The summed E-state index contributed by atoms with van der Waals surface area (Å²) in [6.45, 7) is 7.80. The number of thiocarbonyl (C=S) groups is 1. The highest BCUT2D eigenvalue weighted by Crippen LogP contribution is 2.32. The van der Waals surface area contributed by atoms with E-state index in [-0.39, 0.29) is 5.91 Å². The Morgan fingerprint density at radius 2 is 1.90 bits per heavy atom. The molecule has 0 aliphatic carbocycles. The maximum Gasteiger partial charge on any atom is 0.266 e. The Balaban J connectivity index is 1.51. The van der Waals surface area contributed by atoms with Gasteiger partial charge in [0.1, 0.15) is 15.8 Å². The number of carbonyl (C=O) groups excluding carboxylic acids is 1. The van der Waals surface area contributed by atoms with Gasteiger partial charge in [-0.05, 0) is 56.2 Å². The summed E-state index contributed by atoms with van der Waals surface area (Å²) in [5.41, 5.74) is 3.30. The van der Waals surface area contributed by atoms with Crippen LogP contribution in [0.3, 0.4) is 0 Å². The fourth-order valence-corrected chi connectivity index (χ4v) is 4.39. The van der Waals surface area contributed by atoms with Crippen molar-refractivity contribution in [1.29, 1.82) is 0 Å². The van der Waals surface area contributed by atoms with Gasteiger partial charge in [0.2, 0.25) is 0 Å². The first-order valence-electron chi connectivity index (χ1n) is 9.66. The van der Waals surface area contributed by atoms with E-state index in [1.165, 1.54) is 17.3 Å². The first-order chi connectivity index (χ1) is 14.0. The molecule has 0 atom stereocenters. The summed E-state index contributed by atoms with van der Waals surface area (Å²) in [6, 6.07) is 13.9. The number of hydrogen-bond donors (Lipinski definition) is 0. The van der Waals surface area contributed by atoms with Gasteiger partial charge >= 0.3 is 0 Å². The molecule has 0 radical (unpaired) electrons. The van der Waals surface area contributed by atoms with E-state index in [9.17, 15) is 4.79 Å². The standard InChI is InChI=1S/C23H25NO3S2/c1-4-24-22(25)21(29-23(24)28)15-18-7-5-8-19(14-18)26-11-6-12-27-20-10-9-16(2)13-17(20)3/h5,7-10,13-15H,4,6,11-12H2,1-3H3/b21-15+. The van der Waals surface area contributed by atoms with Gasteiger partial charge in [-0.2, -0.15) is 0 Å². The van der Waals surface area contributed by atoms with Crippen LogP contribution >= 0.6 is 24.0 Å². The Morgan fingerprint density at radius 3 is 2.62 bits per heavy atom. The van der Waals surface area contributed by atoms with Gasteiger partial charge in [0.15, 0.2) is 0 Å². The highest BCUT2D eigenvalue weighted by Gasteiger charge is 2.30. The normalized spacial score (nSPS) is 15.3. The van der Waals surface area contributed by atoms with Crippen molar-refractivity contribution >= 4 is 40.3 Å². The van der Waals surface area contributed by atoms with Crippen molar-refractivity contribution in [2.45, 2.75) is 27.2 Å². The molecule has 3 rings (SSSR count). The predicted molar refractivity (Wildman–Crippen MR) is 124 cm³/mol. The molecular weight excluding hydrogens is 402 g/mol. The number of aryl methyl sites for hydroxylation is 2. The van der Waals surface area contributed by atoms with E-state index in [2.05, 4.69) is 26.0 Å². The van der Waals surface area contributed by atoms with E-state index in [1.54, 1.807) is 4.90 Å². The second-order valence-electron chi connectivity index (χ2n) is 6.82. The van der Waals surface area contributed by atoms with Crippen LogP contribution in [0.15, 0.2) is 47.4 Å². The average Bonchev–Trinajstić information content (AvgIpc) is 2.96. The molecule has 0 saturated carbocycles. The molecular formula is C23H25NO3S2. The average molecular weight is 428 g/mol. The number of nitrogens with zero attached hydrogens (tertiary/aromatic N) is 1. The predicted octanol–water partition coefficient (Wildman–Crippen LogP) is 5.37. The van der Waals surface area contributed by atoms with Gasteiger partial charge in [0, 0.05) is 13.0 Å². The first-order valence-corrected chi connectivity index (χ1v) is 10.9. The van der Waals surface area contributed by atoms with Crippen LogP contribution in [0.25, 0.3) is 6.08 Å². The molecule has 2 aromatic carbocycles. The van der Waals surface area contributed by atoms with Crippen LogP contribution in [-0.2, 0) is 4.79 Å². The minimum absolute atomic E-state index is 0.0302. The van der Waals surface area contributed by atoms with Gasteiger partial charge in [-0.3, -0.25) is 9.69 Å². The Bertz CT molecular complexity index is 939. The van der Waals surface area contributed by atoms with Crippen molar-refractivity contribution in [3.63, 3.8) is 0 Å². The number of amides is 1. The van der Waals surface area contributed by atoms with Gasteiger partial charge in [-0.15, -0.1) is 0 Å². The van der Waals surface area contributed by atoms with Gasteiger partial charge < -0.3 is 9.47 Å². The van der Waals surface area contributed by atoms with Crippen LogP contribution in [0.5, 0.6) is 11.5 Å². The topological polar surface area (TPSA) is 38.8 Å². The largest absolute Gasteiger partial charge is 0.493 e. The minimum Gasteiger partial charge on any atom is -0.493 e. The lowest BCUT2D eigenvalue weighted by Crippen LogP contribution is -2.27. The van der Waals surface area contributed by atoms with Crippen molar-refractivity contribution < 1.29 is 14.3 Å². The van der Waals surface area contributed by atoms with Crippen molar-refractivity contribution in [2.24, 2.45) is 0 Å². The van der Waals surface area contributed by atoms with Gasteiger partial charge in [0.25, 0.3) is 5.91 Å². The highest BCUT2D eigenvalue weighted by atomic mass is 32.2. The van der Waals surface area contributed by atoms with E-state index >= 15 is 0 Å². The molecule has 29 heavy (non-hydrogen) atoms. The van der Waals surface area contributed by atoms with Crippen LogP contribution in [0.2, 0.25) is 0 Å².